The second-order valence-corrected chi connectivity index (χ2v) is 15.4. The molecule has 0 aromatic heterocycles. The summed E-state index contributed by atoms with van der Waals surface area (Å²) in [6, 6.07) is 93.9. The number of benzene rings is 10. The summed E-state index contributed by atoms with van der Waals surface area (Å²) in [6.07, 6.45) is 0. The topological polar surface area (TPSA) is 3.24 Å². The van der Waals surface area contributed by atoms with Gasteiger partial charge in [0.15, 0.2) is 0 Å². The van der Waals surface area contributed by atoms with E-state index in [0.29, 0.717) is 0 Å². The van der Waals surface area contributed by atoms with Crippen molar-refractivity contribution in [2.24, 2.45) is 0 Å². The van der Waals surface area contributed by atoms with Gasteiger partial charge in [-0.15, -0.1) is 0 Å². The summed E-state index contributed by atoms with van der Waals surface area (Å²) in [5.74, 6) is 0. The van der Waals surface area contributed by atoms with Crippen LogP contribution < -0.4 is 4.90 Å². The van der Waals surface area contributed by atoms with E-state index in [1.165, 1.54) is 77.9 Å². The second-order valence-electron chi connectivity index (χ2n) is 15.4. The Kier molecular flexibility index (Phi) is 10.4. The molecule has 0 N–H and O–H groups in total. The highest BCUT2D eigenvalue weighted by Gasteiger charge is 2.16. The zero-order valence-corrected chi connectivity index (χ0v) is 33.8. The van der Waals surface area contributed by atoms with E-state index in [4.69, 9.17) is 0 Å². The molecule has 0 amide bonds. The van der Waals surface area contributed by atoms with Gasteiger partial charge in [-0.2, -0.15) is 0 Å². The first-order valence-corrected chi connectivity index (χ1v) is 20.9. The van der Waals surface area contributed by atoms with Crippen LogP contribution in [-0.2, 0) is 0 Å². The van der Waals surface area contributed by atoms with Crippen molar-refractivity contribution >= 4 is 17.1 Å². The average molecular weight is 778 g/mol. The zero-order chi connectivity index (χ0) is 40.8. The summed E-state index contributed by atoms with van der Waals surface area (Å²) in [5.41, 5.74) is 20.1. The summed E-state index contributed by atoms with van der Waals surface area (Å²) in [6.45, 7) is 0. The van der Waals surface area contributed by atoms with Crippen molar-refractivity contribution in [3.05, 3.63) is 261 Å². The number of nitrogens with zero attached hydrogens (tertiary/aromatic N) is 1. The van der Waals surface area contributed by atoms with Gasteiger partial charge in [0.2, 0.25) is 0 Å². The maximum absolute atomic E-state index is 2.35. The maximum Gasteiger partial charge on any atom is 0.0462 e. The van der Waals surface area contributed by atoms with Gasteiger partial charge in [0.25, 0.3) is 0 Å². The molecular weight excluding hydrogens is 735 g/mol. The Morgan fingerprint density at radius 2 is 0.410 bits per heavy atom. The molecule has 10 aromatic carbocycles. The number of anilines is 3. The SMILES string of the molecule is c1ccc(-c2cccc(-c3ccc(N(c4ccc(-c5cccc(-c6ccccc6)c5)cc4)c4ccc(-c5ccccc5-c5cccc(-c6ccccc6)c5)cc4)cc3)c2)cc1. The minimum absolute atomic E-state index is 1.09. The van der Waals surface area contributed by atoms with Crippen molar-refractivity contribution in [3.63, 3.8) is 0 Å². The molecule has 61 heavy (non-hydrogen) atoms. The van der Waals surface area contributed by atoms with Crippen LogP contribution in [0.3, 0.4) is 0 Å². The van der Waals surface area contributed by atoms with Gasteiger partial charge in [-0.3, -0.25) is 0 Å². The van der Waals surface area contributed by atoms with Crippen LogP contribution in [0.25, 0.3) is 77.9 Å². The Labute approximate surface area is 359 Å². The largest absolute Gasteiger partial charge is 0.311 e. The van der Waals surface area contributed by atoms with Crippen LogP contribution in [0.4, 0.5) is 17.1 Å². The van der Waals surface area contributed by atoms with Gasteiger partial charge in [-0.1, -0.05) is 206 Å². The Hall–Kier alpha value is -8.00. The van der Waals surface area contributed by atoms with Crippen LogP contribution in [0.2, 0.25) is 0 Å². The van der Waals surface area contributed by atoms with Crippen LogP contribution in [0.1, 0.15) is 0 Å². The van der Waals surface area contributed by atoms with Gasteiger partial charge >= 0.3 is 0 Å². The van der Waals surface area contributed by atoms with E-state index in [0.717, 1.165) is 17.1 Å². The van der Waals surface area contributed by atoms with Gasteiger partial charge in [-0.25, -0.2) is 0 Å². The Bertz CT molecular complexity index is 2900. The van der Waals surface area contributed by atoms with Gasteiger partial charge in [0.05, 0.1) is 0 Å². The minimum atomic E-state index is 1.09. The molecule has 0 aliphatic heterocycles. The molecule has 0 aliphatic rings. The smallest absolute Gasteiger partial charge is 0.0462 e. The highest BCUT2D eigenvalue weighted by Crippen LogP contribution is 2.40. The number of hydrogen-bond acceptors (Lipinski definition) is 1. The van der Waals surface area contributed by atoms with Gasteiger partial charge in [0.1, 0.15) is 0 Å². The van der Waals surface area contributed by atoms with E-state index >= 15 is 0 Å². The van der Waals surface area contributed by atoms with Crippen LogP contribution in [0.5, 0.6) is 0 Å². The summed E-state index contributed by atoms with van der Waals surface area (Å²) in [4.78, 5) is 2.35. The van der Waals surface area contributed by atoms with Crippen LogP contribution in [-0.4, -0.2) is 0 Å². The molecule has 10 rings (SSSR count). The fourth-order valence-corrected chi connectivity index (χ4v) is 8.34. The summed E-state index contributed by atoms with van der Waals surface area (Å²) >= 11 is 0. The maximum atomic E-state index is 2.35. The first-order valence-electron chi connectivity index (χ1n) is 20.9. The fraction of sp³-hybridized carbons (Fsp3) is 0. The molecule has 0 bridgehead atoms. The van der Waals surface area contributed by atoms with E-state index in [-0.39, 0.29) is 0 Å². The third kappa shape index (κ3) is 8.06. The molecule has 0 saturated carbocycles. The van der Waals surface area contributed by atoms with E-state index in [1.54, 1.807) is 0 Å². The van der Waals surface area contributed by atoms with Crippen molar-refractivity contribution in [3.8, 4) is 77.9 Å². The van der Waals surface area contributed by atoms with E-state index in [1.807, 2.05) is 0 Å². The lowest BCUT2D eigenvalue weighted by atomic mass is 9.92. The molecule has 1 nitrogen and oxygen atoms in total. The standard InChI is InChI=1S/C60H43N/c1-4-15-44(16-5-1)50-21-12-23-52(41-50)47-29-35-56(36-30-47)61(57-37-31-48(32-38-57)53-24-13-22-51(42-53)45-17-6-2-7-18-45)58-39-33-49(34-40-58)59-27-10-11-28-60(59)55-26-14-25-54(43-55)46-19-8-3-9-20-46/h1-43H. The van der Waals surface area contributed by atoms with Crippen molar-refractivity contribution in [2.45, 2.75) is 0 Å². The summed E-state index contributed by atoms with van der Waals surface area (Å²) < 4.78 is 0. The first-order chi connectivity index (χ1) is 30.2. The molecule has 0 heterocycles. The number of rotatable bonds is 10. The van der Waals surface area contributed by atoms with Crippen LogP contribution >= 0.6 is 0 Å². The number of hydrogen-bond donors (Lipinski definition) is 0. The third-order valence-electron chi connectivity index (χ3n) is 11.5. The summed E-state index contributed by atoms with van der Waals surface area (Å²) in [7, 11) is 0. The predicted molar refractivity (Wildman–Crippen MR) is 259 cm³/mol. The molecule has 0 atom stereocenters. The molecule has 0 unspecified atom stereocenters. The van der Waals surface area contributed by atoms with Gasteiger partial charge in [-0.05, 0) is 132 Å². The van der Waals surface area contributed by atoms with Crippen LogP contribution in [0, 0.1) is 0 Å². The lowest BCUT2D eigenvalue weighted by molar-refractivity contribution is 1.28. The molecule has 0 aliphatic carbocycles. The van der Waals surface area contributed by atoms with Crippen molar-refractivity contribution < 1.29 is 0 Å². The van der Waals surface area contributed by atoms with Gasteiger partial charge in [0, 0.05) is 17.1 Å². The monoisotopic (exact) mass is 777 g/mol. The lowest BCUT2D eigenvalue weighted by Crippen LogP contribution is -2.09. The average Bonchev–Trinajstić information content (AvgIpc) is 3.36. The molecule has 0 saturated heterocycles. The molecule has 10 aromatic rings. The van der Waals surface area contributed by atoms with Gasteiger partial charge < -0.3 is 4.90 Å². The quantitative estimate of drug-likeness (QED) is 0.134. The van der Waals surface area contributed by atoms with Crippen molar-refractivity contribution in [1.29, 1.82) is 0 Å². The second kappa shape index (κ2) is 17.1. The first kappa shape index (κ1) is 37.3. The highest BCUT2D eigenvalue weighted by molar-refractivity contribution is 5.87. The van der Waals surface area contributed by atoms with E-state index in [9.17, 15) is 0 Å². The Balaban J connectivity index is 1.00. The van der Waals surface area contributed by atoms with E-state index in [2.05, 4.69) is 266 Å². The highest BCUT2D eigenvalue weighted by atomic mass is 15.1. The third-order valence-corrected chi connectivity index (χ3v) is 11.5. The predicted octanol–water partition coefficient (Wildman–Crippen LogP) is 16.8. The van der Waals surface area contributed by atoms with E-state index < -0.39 is 0 Å². The molecule has 1 heteroatoms. The molecule has 288 valence electrons. The summed E-state index contributed by atoms with van der Waals surface area (Å²) in [5, 5.41) is 0. The molecule has 0 fully saturated rings. The molecular formula is C60H43N. The molecule has 0 spiro atoms. The minimum Gasteiger partial charge on any atom is -0.311 e. The van der Waals surface area contributed by atoms with Crippen molar-refractivity contribution in [2.75, 3.05) is 4.90 Å². The Morgan fingerprint density at radius 1 is 0.164 bits per heavy atom. The Morgan fingerprint density at radius 3 is 0.770 bits per heavy atom. The lowest BCUT2D eigenvalue weighted by Gasteiger charge is -2.26. The zero-order valence-electron chi connectivity index (χ0n) is 33.8. The van der Waals surface area contributed by atoms with Crippen LogP contribution in [0.15, 0.2) is 261 Å². The molecule has 0 radical (unpaired) electrons. The normalized spacial score (nSPS) is 11.0. The fourth-order valence-electron chi connectivity index (χ4n) is 8.34. The van der Waals surface area contributed by atoms with Crippen molar-refractivity contribution in [1.82, 2.24) is 0 Å².